The smallest absolute Gasteiger partial charge is 0.410 e. The number of carbonyl (C=O) groups excluding carboxylic acids is 1. The molecule has 1 amide bonds. The first kappa shape index (κ1) is 23.2. The monoisotopic (exact) mass is 487 g/mol. The molecule has 0 saturated carbocycles. The van der Waals surface area contributed by atoms with Crippen molar-refractivity contribution in [1.29, 1.82) is 0 Å². The summed E-state index contributed by atoms with van der Waals surface area (Å²) in [6, 6.07) is 26.4. The number of ether oxygens (including phenoxy) is 4. The van der Waals surface area contributed by atoms with Crippen molar-refractivity contribution in [1.82, 2.24) is 4.90 Å². The summed E-state index contributed by atoms with van der Waals surface area (Å²) in [5.41, 5.74) is 5.75. The summed E-state index contributed by atoms with van der Waals surface area (Å²) in [4.78, 5) is 14.8. The molecule has 0 aromatic heterocycles. The zero-order valence-corrected chi connectivity index (χ0v) is 19.9. The molecular weight excluding hydrogens is 458 g/mol. The van der Waals surface area contributed by atoms with Crippen LogP contribution < -0.4 is 0 Å². The highest BCUT2D eigenvalue weighted by Gasteiger charge is 2.54. The van der Waals surface area contributed by atoms with Crippen LogP contribution in [0.25, 0.3) is 11.1 Å². The van der Waals surface area contributed by atoms with Crippen molar-refractivity contribution in [3.8, 4) is 11.1 Å². The molecule has 0 radical (unpaired) electrons. The van der Waals surface area contributed by atoms with Crippen LogP contribution in [0.5, 0.6) is 0 Å². The minimum Gasteiger partial charge on any atom is -0.448 e. The normalized spacial score (nSPS) is 24.4. The second kappa shape index (κ2) is 9.67. The summed E-state index contributed by atoms with van der Waals surface area (Å²) < 4.78 is 24.0. The third-order valence-corrected chi connectivity index (χ3v) is 7.19. The van der Waals surface area contributed by atoms with Crippen molar-refractivity contribution in [2.75, 3.05) is 32.9 Å². The van der Waals surface area contributed by atoms with Crippen LogP contribution in [0.4, 0.5) is 4.79 Å². The Kier molecular flexibility index (Phi) is 6.23. The number of fused-ring (bicyclic) bond motifs is 5. The van der Waals surface area contributed by atoms with Gasteiger partial charge in [0.25, 0.3) is 0 Å². The Morgan fingerprint density at radius 2 is 1.61 bits per heavy atom. The molecule has 186 valence electrons. The largest absolute Gasteiger partial charge is 0.448 e. The van der Waals surface area contributed by atoms with E-state index in [2.05, 4.69) is 24.3 Å². The quantitative estimate of drug-likeness (QED) is 0.544. The molecule has 2 aliphatic heterocycles. The molecule has 1 N–H and O–H groups in total. The molecule has 2 heterocycles. The van der Waals surface area contributed by atoms with Gasteiger partial charge in [-0.25, -0.2) is 4.79 Å². The van der Waals surface area contributed by atoms with E-state index in [1.807, 2.05) is 54.6 Å². The second-order valence-corrected chi connectivity index (χ2v) is 9.57. The first-order chi connectivity index (χ1) is 17.7. The van der Waals surface area contributed by atoms with E-state index in [1.54, 1.807) is 4.90 Å². The standard InChI is InChI=1S/C29H29NO6/c31-15-27-26-14-30(18-29(35-26,36-27)19-33-16-20-8-2-1-3-9-20)28(32)34-17-25-23-12-6-4-10-21(23)22-11-5-7-13-24(22)25/h1-13,25-27,31H,14-19H2/t26-,27+,29+/m0/s1. The van der Waals surface area contributed by atoms with Crippen LogP contribution in [0.2, 0.25) is 0 Å². The summed E-state index contributed by atoms with van der Waals surface area (Å²) in [5, 5.41) is 9.81. The van der Waals surface area contributed by atoms with E-state index in [0.29, 0.717) is 13.2 Å². The maximum atomic E-state index is 13.2. The second-order valence-electron chi connectivity index (χ2n) is 9.57. The summed E-state index contributed by atoms with van der Waals surface area (Å²) in [7, 11) is 0. The summed E-state index contributed by atoms with van der Waals surface area (Å²) in [6.07, 6.45) is -1.37. The van der Waals surface area contributed by atoms with Crippen LogP contribution in [-0.4, -0.2) is 67.0 Å². The highest BCUT2D eigenvalue weighted by molar-refractivity contribution is 5.79. The van der Waals surface area contributed by atoms with Crippen molar-refractivity contribution < 1.29 is 28.8 Å². The van der Waals surface area contributed by atoms with Gasteiger partial charge in [-0.1, -0.05) is 78.9 Å². The predicted octanol–water partition coefficient (Wildman–Crippen LogP) is 3.94. The molecular formula is C29H29NO6. The van der Waals surface area contributed by atoms with Gasteiger partial charge in [-0.15, -0.1) is 0 Å². The lowest BCUT2D eigenvalue weighted by molar-refractivity contribution is -0.233. The molecule has 1 aliphatic carbocycles. The highest BCUT2D eigenvalue weighted by atomic mass is 16.8. The Morgan fingerprint density at radius 1 is 0.944 bits per heavy atom. The first-order valence-electron chi connectivity index (χ1n) is 12.3. The Labute approximate surface area is 210 Å². The van der Waals surface area contributed by atoms with Gasteiger partial charge in [0.2, 0.25) is 5.79 Å². The van der Waals surface area contributed by atoms with Crippen LogP contribution in [0, 0.1) is 0 Å². The van der Waals surface area contributed by atoms with Crippen molar-refractivity contribution >= 4 is 6.09 Å². The summed E-state index contributed by atoms with van der Waals surface area (Å²) >= 11 is 0. The van der Waals surface area contributed by atoms with Gasteiger partial charge >= 0.3 is 6.09 Å². The Morgan fingerprint density at radius 3 is 2.31 bits per heavy atom. The Balaban J connectivity index is 1.13. The summed E-state index contributed by atoms with van der Waals surface area (Å²) in [5.74, 6) is -1.14. The number of nitrogens with zero attached hydrogens (tertiary/aromatic N) is 1. The molecule has 3 aromatic carbocycles. The molecule has 7 heteroatoms. The predicted molar refractivity (Wildman–Crippen MR) is 132 cm³/mol. The molecule has 3 aromatic rings. The van der Waals surface area contributed by atoms with Gasteiger partial charge in [0.05, 0.1) is 26.3 Å². The molecule has 2 bridgehead atoms. The molecule has 3 aliphatic rings. The number of morpholine rings is 1. The van der Waals surface area contributed by atoms with Gasteiger partial charge < -0.3 is 24.1 Å². The molecule has 7 nitrogen and oxygen atoms in total. The number of rotatable bonds is 7. The van der Waals surface area contributed by atoms with Crippen LogP contribution in [0.1, 0.15) is 22.6 Å². The molecule has 36 heavy (non-hydrogen) atoms. The number of amides is 1. The Hall–Kier alpha value is -3.23. The third kappa shape index (κ3) is 4.29. The molecule has 3 atom stereocenters. The van der Waals surface area contributed by atoms with E-state index in [-0.39, 0.29) is 32.3 Å². The number of carbonyl (C=O) groups is 1. The lowest BCUT2D eigenvalue weighted by Crippen LogP contribution is -2.55. The fourth-order valence-electron chi connectivity index (χ4n) is 5.52. The minimum absolute atomic E-state index is 0.0104. The van der Waals surface area contributed by atoms with Crippen molar-refractivity contribution in [3.63, 3.8) is 0 Å². The molecule has 0 spiro atoms. The maximum Gasteiger partial charge on any atom is 0.410 e. The fraction of sp³-hybridized carbons (Fsp3) is 0.345. The highest BCUT2D eigenvalue weighted by Crippen LogP contribution is 2.44. The average molecular weight is 488 g/mol. The third-order valence-electron chi connectivity index (χ3n) is 7.19. The van der Waals surface area contributed by atoms with Crippen LogP contribution in [0.15, 0.2) is 78.9 Å². The molecule has 6 rings (SSSR count). The van der Waals surface area contributed by atoms with E-state index < -0.39 is 24.1 Å². The van der Waals surface area contributed by atoms with E-state index in [9.17, 15) is 9.90 Å². The zero-order valence-electron chi connectivity index (χ0n) is 19.9. The lowest BCUT2D eigenvalue weighted by Gasteiger charge is -2.37. The molecule has 2 saturated heterocycles. The van der Waals surface area contributed by atoms with Gasteiger partial charge in [0.15, 0.2) is 0 Å². The topological polar surface area (TPSA) is 77.5 Å². The summed E-state index contributed by atoms with van der Waals surface area (Å²) in [6.45, 7) is 1.06. The van der Waals surface area contributed by atoms with Crippen LogP contribution >= 0.6 is 0 Å². The lowest BCUT2D eigenvalue weighted by atomic mass is 9.98. The first-order valence-corrected chi connectivity index (χ1v) is 12.3. The zero-order chi connectivity index (χ0) is 24.5. The van der Waals surface area contributed by atoms with Crippen molar-refractivity contribution in [2.24, 2.45) is 0 Å². The Bertz CT molecular complexity index is 1190. The van der Waals surface area contributed by atoms with E-state index in [4.69, 9.17) is 18.9 Å². The minimum atomic E-state index is -1.13. The number of aliphatic hydroxyl groups is 1. The van der Waals surface area contributed by atoms with Crippen LogP contribution in [-0.2, 0) is 25.6 Å². The van der Waals surface area contributed by atoms with Crippen molar-refractivity contribution in [3.05, 3.63) is 95.6 Å². The van der Waals surface area contributed by atoms with Gasteiger partial charge in [-0.05, 0) is 27.8 Å². The van der Waals surface area contributed by atoms with Gasteiger partial charge in [0.1, 0.15) is 25.4 Å². The average Bonchev–Trinajstić information content (AvgIpc) is 3.38. The van der Waals surface area contributed by atoms with E-state index in [1.165, 1.54) is 22.3 Å². The number of benzene rings is 3. The maximum absolute atomic E-state index is 13.2. The number of hydrogen-bond acceptors (Lipinski definition) is 6. The van der Waals surface area contributed by atoms with Gasteiger partial charge in [-0.3, -0.25) is 4.90 Å². The van der Waals surface area contributed by atoms with Gasteiger partial charge in [0, 0.05) is 5.92 Å². The fourth-order valence-corrected chi connectivity index (χ4v) is 5.52. The molecule has 2 fully saturated rings. The van der Waals surface area contributed by atoms with Crippen molar-refractivity contribution in [2.45, 2.75) is 30.5 Å². The van der Waals surface area contributed by atoms with E-state index in [0.717, 1.165) is 5.56 Å². The molecule has 0 unspecified atom stereocenters. The number of hydrogen-bond donors (Lipinski definition) is 1. The SMILES string of the molecule is O=C(OCC1c2ccccc2-c2ccccc21)N1C[C@@H]2O[C@](COCc3ccccc3)(C1)O[C@@H]2CO. The van der Waals surface area contributed by atoms with Gasteiger partial charge in [-0.2, -0.15) is 0 Å². The number of aliphatic hydroxyl groups excluding tert-OH is 1. The van der Waals surface area contributed by atoms with E-state index >= 15 is 0 Å². The van der Waals surface area contributed by atoms with Crippen LogP contribution in [0.3, 0.4) is 0 Å².